The predicted octanol–water partition coefficient (Wildman–Crippen LogP) is 3.20. The Morgan fingerprint density at radius 1 is 1.11 bits per heavy atom. The molecule has 152 valence electrons. The van der Waals surface area contributed by atoms with Gasteiger partial charge >= 0.3 is 0 Å². The predicted molar refractivity (Wildman–Crippen MR) is 112 cm³/mol. The molecule has 0 bridgehead atoms. The summed E-state index contributed by atoms with van der Waals surface area (Å²) in [5, 5.41) is 6.02. The molecule has 1 aliphatic carbocycles. The van der Waals surface area contributed by atoms with Gasteiger partial charge < -0.3 is 16.4 Å². The van der Waals surface area contributed by atoms with E-state index >= 15 is 0 Å². The van der Waals surface area contributed by atoms with Crippen molar-refractivity contribution in [2.45, 2.75) is 65.0 Å². The topological polar surface area (TPSA) is 84.2 Å². The van der Waals surface area contributed by atoms with Crippen LogP contribution in [0.1, 0.15) is 61.9 Å². The van der Waals surface area contributed by atoms with Crippen molar-refractivity contribution in [1.29, 1.82) is 0 Å². The van der Waals surface area contributed by atoms with Crippen molar-refractivity contribution in [3.63, 3.8) is 0 Å². The molecule has 2 rings (SSSR count). The maximum absolute atomic E-state index is 12.9. The Bertz CT molecular complexity index is 615. The Morgan fingerprint density at radius 2 is 1.74 bits per heavy atom. The summed E-state index contributed by atoms with van der Waals surface area (Å²) < 4.78 is 0. The fourth-order valence-electron chi connectivity index (χ4n) is 3.76. The molecule has 1 aromatic carbocycles. The van der Waals surface area contributed by atoms with Gasteiger partial charge in [0, 0.05) is 18.2 Å². The second-order valence-corrected chi connectivity index (χ2v) is 7.76. The lowest BCUT2D eigenvalue weighted by molar-refractivity contribution is -0.125. The molecular weight excluding hydrogens is 362 g/mol. The van der Waals surface area contributed by atoms with Gasteiger partial charge in [0.2, 0.25) is 5.91 Å². The molecule has 0 radical (unpaired) electrons. The van der Waals surface area contributed by atoms with E-state index in [-0.39, 0.29) is 36.2 Å². The number of benzene rings is 1. The van der Waals surface area contributed by atoms with E-state index in [1.54, 1.807) is 6.07 Å². The van der Waals surface area contributed by atoms with Gasteiger partial charge in [-0.15, -0.1) is 12.4 Å². The molecule has 1 fully saturated rings. The van der Waals surface area contributed by atoms with Gasteiger partial charge in [-0.05, 0) is 43.2 Å². The number of halogens is 1. The van der Waals surface area contributed by atoms with Gasteiger partial charge in [0.15, 0.2) is 0 Å². The van der Waals surface area contributed by atoms with Crippen molar-refractivity contribution in [1.82, 2.24) is 10.6 Å². The fraction of sp³-hybridized carbons (Fsp3) is 0.619. The number of nitrogens with one attached hydrogen (secondary N) is 2. The van der Waals surface area contributed by atoms with E-state index in [2.05, 4.69) is 10.6 Å². The van der Waals surface area contributed by atoms with Gasteiger partial charge in [-0.3, -0.25) is 9.59 Å². The highest BCUT2D eigenvalue weighted by molar-refractivity contribution is 5.98. The summed E-state index contributed by atoms with van der Waals surface area (Å²) in [4.78, 5) is 25.5. The van der Waals surface area contributed by atoms with Gasteiger partial charge in [-0.25, -0.2) is 0 Å². The van der Waals surface area contributed by atoms with E-state index < -0.39 is 6.04 Å². The molecule has 6 heteroatoms. The Kier molecular flexibility index (Phi) is 9.81. The molecule has 0 spiro atoms. The van der Waals surface area contributed by atoms with Crippen LogP contribution in [0, 0.1) is 18.8 Å². The van der Waals surface area contributed by atoms with Crippen LogP contribution in [0.4, 0.5) is 0 Å². The largest absolute Gasteiger partial charge is 0.350 e. The van der Waals surface area contributed by atoms with E-state index in [0.29, 0.717) is 18.0 Å². The van der Waals surface area contributed by atoms with Crippen LogP contribution in [0.3, 0.4) is 0 Å². The molecule has 0 aliphatic heterocycles. The number of amides is 2. The normalized spacial score (nSPS) is 16.9. The van der Waals surface area contributed by atoms with Crippen LogP contribution in [0.15, 0.2) is 24.3 Å². The van der Waals surface area contributed by atoms with Crippen LogP contribution < -0.4 is 16.4 Å². The molecule has 0 aromatic heterocycles. The van der Waals surface area contributed by atoms with Crippen LogP contribution >= 0.6 is 12.4 Å². The summed E-state index contributed by atoms with van der Waals surface area (Å²) in [6.07, 6.45) is 5.90. The second kappa shape index (κ2) is 11.3. The highest BCUT2D eigenvalue weighted by Crippen LogP contribution is 2.26. The van der Waals surface area contributed by atoms with Gasteiger partial charge in [0.05, 0.1) is 0 Å². The fourth-order valence-corrected chi connectivity index (χ4v) is 3.76. The minimum absolute atomic E-state index is 0. The maximum atomic E-state index is 12.9. The Balaban J connectivity index is 0.00000364. The van der Waals surface area contributed by atoms with Crippen molar-refractivity contribution in [3.05, 3.63) is 35.4 Å². The van der Waals surface area contributed by atoms with Gasteiger partial charge in [0.25, 0.3) is 5.91 Å². The van der Waals surface area contributed by atoms with E-state index in [1.807, 2.05) is 39.0 Å². The van der Waals surface area contributed by atoms with Gasteiger partial charge in [-0.2, -0.15) is 0 Å². The van der Waals surface area contributed by atoms with Crippen molar-refractivity contribution < 1.29 is 9.59 Å². The average Bonchev–Trinajstić information content (AvgIpc) is 2.64. The SMILES string of the molecule is Cc1ccccc1C(=O)NC(C(=O)NC(CN)C1CCCCC1)C(C)C.Cl. The lowest BCUT2D eigenvalue weighted by Gasteiger charge is -2.32. The molecule has 2 unspecified atom stereocenters. The summed E-state index contributed by atoms with van der Waals surface area (Å²) in [6, 6.07) is 6.82. The maximum Gasteiger partial charge on any atom is 0.252 e. The third-order valence-electron chi connectivity index (χ3n) is 5.43. The Morgan fingerprint density at radius 3 is 2.30 bits per heavy atom. The van der Waals surface area contributed by atoms with Crippen molar-refractivity contribution >= 4 is 24.2 Å². The van der Waals surface area contributed by atoms with Gasteiger partial charge in [-0.1, -0.05) is 51.3 Å². The number of carbonyl (C=O) groups is 2. The lowest BCUT2D eigenvalue weighted by atomic mass is 9.83. The van der Waals surface area contributed by atoms with Gasteiger partial charge in [0.1, 0.15) is 6.04 Å². The number of carbonyl (C=O) groups excluding carboxylic acids is 2. The molecular formula is C21H34ClN3O2. The molecule has 0 heterocycles. The lowest BCUT2D eigenvalue weighted by Crippen LogP contribution is -2.55. The molecule has 2 amide bonds. The standard InChI is InChI=1S/C21H33N3O2.ClH/c1-14(2)19(24-20(25)17-12-8-7-9-15(17)3)21(26)23-18(13-22)16-10-5-4-6-11-16;/h7-9,12,14,16,18-19H,4-6,10-11,13,22H2,1-3H3,(H,23,26)(H,24,25);1H. The highest BCUT2D eigenvalue weighted by atomic mass is 35.5. The highest BCUT2D eigenvalue weighted by Gasteiger charge is 2.29. The first kappa shape index (κ1) is 23.4. The number of nitrogens with two attached hydrogens (primary N) is 1. The van der Waals surface area contributed by atoms with E-state index in [4.69, 9.17) is 5.73 Å². The van der Waals surface area contributed by atoms with E-state index in [9.17, 15) is 9.59 Å². The zero-order chi connectivity index (χ0) is 19.1. The molecule has 1 saturated carbocycles. The minimum atomic E-state index is -0.570. The van der Waals surface area contributed by atoms with Crippen molar-refractivity contribution in [3.8, 4) is 0 Å². The Labute approximate surface area is 169 Å². The second-order valence-electron chi connectivity index (χ2n) is 7.76. The summed E-state index contributed by atoms with van der Waals surface area (Å²) in [5.74, 6) is 0.0900. The van der Waals surface area contributed by atoms with Crippen LogP contribution in [0.2, 0.25) is 0 Å². The number of hydrogen-bond donors (Lipinski definition) is 3. The third-order valence-corrected chi connectivity index (χ3v) is 5.43. The van der Waals surface area contributed by atoms with Crippen molar-refractivity contribution in [2.24, 2.45) is 17.6 Å². The summed E-state index contributed by atoms with van der Waals surface area (Å²) in [6.45, 7) is 6.22. The quantitative estimate of drug-likeness (QED) is 0.662. The first-order valence-corrected chi connectivity index (χ1v) is 9.81. The zero-order valence-corrected chi connectivity index (χ0v) is 17.5. The number of aryl methyl sites for hydroxylation is 1. The van der Waals surface area contributed by atoms with Crippen LogP contribution in [0.5, 0.6) is 0 Å². The number of hydrogen-bond acceptors (Lipinski definition) is 3. The summed E-state index contributed by atoms with van der Waals surface area (Å²) in [7, 11) is 0. The molecule has 2 atom stereocenters. The van der Waals surface area contributed by atoms with Crippen LogP contribution in [0.25, 0.3) is 0 Å². The van der Waals surface area contributed by atoms with Crippen LogP contribution in [-0.4, -0.2) is 30.4 Å². The summed E-state index contributed by atoms with van der Waals surface area (Å²) in [5.41, 5.74) is 7.44. The molecule has 1 aromatic rings. The third kappa shape index (κ3) is 6.51. The first-order valence-electron chi connectivity index (χ1n) is 9.81. The molecule has 27 heavy (non-hydrogen) atoms. The minimum Gasteiger partial charge on any atom is -0.350 e. The zero-order valence-electron chi connectivity index (χ0n) is 16.7. The molecule has 0 saturated heterocycles. The first-order chi connectivity index (χ1) is 12.4. The molecule has 1 aliphatic rings. The summed E-state index contributed by atoms with van der Waals surface area (Å²) >= 11 is 0. The van der Waals surface area contributed by atoms with E-state index in [0.717, 1.165) is 18.4 Å². The number of rotatable bonds is 7. The smallest absolute Gasteiger partial charge is 0.252 e. The Hall–Kier alpha value is -1.59. The van der Waals surface area contributed by atoms with Crippen molar-refractivity contribution in [2.75, 3.05) is 6.54 Å². The molecule has 5 nitrogen and oxygen atoms in total. The monoisotopic (exact) mass is 395 g/mol. The van der Waals surface area contributed by atoms with Crippen LogP contribution in [-0.2, 0) is 4.79 Å². The molecule has 4 N–H and O–H groups in total. The average molecular weight is 396 g/mol. The van der Waals surface area contributed by atoms with E-state index in [1.165, 1.54) is 19.3 Å².